The molecule has 0 spiro atoms. The van der Waals surface area contributed by atoms with Crippen molar-refractivity contribution in [2.45, 2.75) is 19.3 Å². The summed E-state index contributed by atoms with van der Waals surface area (Å²) in [5.74, 6) is -0.710. The smallest absolute Gasteiger partial charge is 0.161 e. The Morgan fingerprint density at radius 2 is 1.35 bits per heavy atom. The Kier molecular flexibility index (Phi) is 6.72. The lowest BCUT2D eigenvalue weighted by atomic mass is 9.81. The lowest BCUT2D eigenvalue weighted by Gasteiger charge is -2.30. The number of hydrogen-bond acceptors (Lipinski definition) is 4. The van der Waals surface area contributed by atoms with Crippen molar-refractivity contribution >= 4 is 5.78 Å². The third kappa shape index (κ3) is 5.11. The van der Waals surface area contributed by atoms with Crippen molar-refractivity contribution < 1.29 is 19.4 Å². The molecule has 0 heterocycles. The zero-order valence-electron chi connectivity index (χ0n) is 14.7. The Labute approximate surface area is 154 Å². The van der Waals surface area contributed by atoms with Crippen LogP contribution in [0.3, 0.4) is 0 Å². The summed E-state index contributed by atoms with van der Waals surface area (Å²) in [6, 6.07) is 19.7. The van der Waals surface area contributed by atoms with E-state index in [4.69, 9.17) is 9.47 Å². The van der Waals surface area contributed by atoms with Crippen LogP contribution >= 0.6 is 0 Å². The van der Waals surface area contributed by atoms with E-state index in [1.165, 1.54) is 6.08 Å². The maximum atomic E-state index is 12.3. The summed E-state index contributed by atoms with van der Waals surface area (Å²) in [4.78, 5) is 12.3. The van der Waals surface area contributed by atoms with E-state index in [-0.39, 0.29) is 18.3 Å². The average Bonchev–Trinajstić information content (AvgIpc) is 2.68. The molecule has 4 heteroatoms. The minimum absolute atomic E-state index is 0.0170. The molecule has 0 fully saturated rings. The maximum Gasteiger partial charge on any atom is 0.161 e. The van der Waals surface area contributed by atoms with Crippen LogP contribution in [0.2, 0.25) is 0 Å². The van der Waals surface area contributed by atoms with Gasteiger partial charge < -0.3 is 14.6 Å². The summed E-state index contributed by atoms with van der Waals surface area (Å²) in [6.07, 6.45) is 2.30. The molecule has 0 aliphatic heterocycles. The minimum atomic E-state index is -0.700. The fraction of sp³-hybridized carbons (Fsp3) is 0.318. The summed E-state index contributed by atoms with van der Waals surface area (Å²) in [5, 5.41) is 10.3. The van der Waals surface area contributed by atoms with Crippen LogP contribution in [-0.4, -0.2) is 30.2 Å². The lowest BCUT2D eigenvalue weighted by molar-refractivity contribution is -0.127. The average molecular weight is 352 g/mol. The van der Waals surface area contributed by atoms with Gasteiger partial charge in [-0.3, -0.25) is 4.79 Å². The first-order chi connectivity index (χ1) is 12.7. The van der Waals surface area contributed by atoms with Crippen LogP contribution in [0.5, 0.6) is 0 Å². The van der Waals surface area contributed by atoms with Crippen molar-refractivity contribution in [3.05, 3.63) is 83.9 Å². The number of aliphatic hydroxyl groups is 1. The number of benzene rings is 2. The Hall–Kier alpha value is -2.27. The second kappa shape index (κ2) is 9.43. The van der Waals surface area contributed by atoms with Crippen LogP contribution in [0.4, 0.5) is 0 Å². The largest absolute Gasteiger partial charge is 0.389 e. The summed E-state index contributed by atoms with van der Waals surface area (Å²) in [6.45, 7) is 1.49. The van der Waals surface area contributed by atoms with Crippen molar-refractivity contribution in [2.24, 2.45) is 11.8 Å². The van der Waals surface area contributed by atoms with Gasteiger partial charge >= 0.3 is 0 Å². The first-order valence-electron chi connectivity index (χ1n) is 8.87. The second-order valence-corrected chi connectivity index (χ2v) is 6.52. The van der Waals surface area contributed by atoms with Gasteiger partial charge in [0, 0.05) is 5.92 Å². The van der Waals surface area contributed by atoms with Gasteiger partial charge in [-0.1, -0.05) is 66.7 Å². The topological polar surface area (TPSA) is 55.8 Å². The fourth-order valence-corrected chi connectivity index (χ4v) is 3.09. The standard InChI is InChI=1S/C22H24O4/c23-21-11-12-22(24)20(16-26-14-18-9-5-2-6-10-18)19(21)15-25-13-17-7-3-1-4-8-17/h1-12,19-21,23H,13-16H2/t19-,20+,21-/m1/s1. The van der Waals surface area contributed by atoms with Gasteiger partial charge in [0.2, 0.25) is 0 Å². The molecule has 1 N–H and O–H groups in total. The zero-order valence-corrected chi connectivity index (χ0v) is 14.7. The van der Waals surface area contributed by atoms with E-state index in [0.29, 0.717) is 19.8 Å². The summed E-state index contributed by atoms with van der Waals surface area (Å²) in [7, 11) is 0. The van der Waals surface area contributed by atoms with Gasteiger partial charge in [-0.25, -0.2) is 0 Å². The number of rotatable bonds is 8. The highest BCUT2D eigenvalue weighted by Crippen LogP contribution is 2.25. The molecular formula is C22H24O4. The number of allylic oxidation sites excluding steroid dienone is 1. The SMILES string of the molecule is O=C1C=C[C@@H](O)[C@H](COCc2ccccc2)[C@@H]1COCc1ccccc1. The van der Waals surface area contributed by atoms with Gasteiger partial charge in [0.25, 0.3) is 0 Å². The van der Waals surface area contributed by atoms with Gasteiger partial charge in [0.1, 0.15) is 0 Å². The van der Waals surface area contributed by atoms with E-state index in [1.807, 2.05) is 60.7 Å². The third-order valence-electron chi connectivity index (χ3n) is 4.61. The first kappa shape index (κ1) is 18.5. The number of ketones is 1. The van der Waals surface area contributed by atoms with E-state index in [9.17, 15) is 9.90 Å². The number of hydrogen-bond donors (Lipinski definition) is 1. The summed E-state index contributed by atoms with van der Waals surface area (Å²) in [5.41, 5.74) is 2.13. The van der Waals surface area contributed by atoms with E-state index in [2.05, 4.69) is 0 Å². The maximum absolute atomic E-state index is 12.3. The monoisotopic (exact) mass is 352 g/mol. The lowest BCUT2D eigenvalue weighted by Crippen LogP contribution is -2.40. The van der Waals surface area contributed by atoms with E-state index in [0.717, 1.165) is 11.1 Å². The number of aliphatic hydroxyl groups excluding tert-OH is 1. The van der Waals surface area contributed by atoms with Gasteiger partial charge in [-0.2, -0.15) is 0 Å². The van der Waals surface area contributed by atoms with E-state index in [1.54, 1.807) is 6.08 Å². The molecule has 3 atom stereocenters. The normalized spacial score (nSPS) is 22.5. The molecule has 0 unspecified atom stereocenters. The highest BCUT2D eigenvalue weighted by Gasteiger charge is 2.35. The molecule has 136 valence electrons. The first-order valence-corrected chi connectivity index (χ1v) is 8.87. The zero-order chi connectivity index (χ0) is 18.2. The van der Waals surface area contributed by atoms with Crippen LogP contribution in [0, 0.1) is 11.8 Å². The molecule has 4 nitrogen and oxygen atoms in total. The quantitative estimate of drug-likeness (QED) is 0.793. The minimum Gasteiger partial charge on any atom is -0.389 e. The number of carbonyl (C=O) groups is 1. The fourth-order valence-electron chi connectivity index (χ4n) is 3.09. The van der Waals surface area contributed by atoms with Crippen molar-refractivity contribution in [1.29, 1.82) is 0 Å². The highest BCUT2D eigenvalue weighted by molar-refractivity contribution is 5.93. The molecule has 0 radical (unpaired) electrons. The van der Waals surface area contributed by atoms with Gasteiger partial charge in [0.05, 0.1) is 38.4 Å². The van der Waals surface area contributed by atoms with E-state index < -0.39 is 12.0 Å². The molecule has 0 aromatic heterocycles. The summed E-state index contributed by atoms with van der Waals surface area (Å²) >= 11 is 0. The van der Waals surface area contributed by atoms with Crippen molar-refractivity contribution in [3.63, 3.8) is 0 Å². The van der Waals surface area contributed by atoms with Crippen molar-refractivity contribution in [3.8, 4) is 0 Å². The molecule has 0 saturated heterocycles. The van der Waals surface area contributed by atoms with Gasteiger partial charge in [-0.15, -0.1) is 0 Å². The summed E-state index contributed by atoms with van der Waals surface area (Å²) < 4.78 is 11.5. The van der Waals surface area contributed by atoms with Crippen LogP contribution in [0.25, 0.3) is 0 Å². The molecule has 2 aromatic rings. The van der Waals surface area contributed by atoms with Crippen LogP contribution in [-0.2, 0) is 27.5 Å². The molecule has 0 saturated carbocycles. The van der Waals surface area contributed by atoms with Crippen molar-refractivity contribution in [2.75, 3.05) is 13.2 Å². The molecule has 3 rings (SSSR count). The predicted molar refractivity (Wildman–Crippen MR) is 99.3 cm³/mol. The number of ether oxygens (including phenoxy) is 2. The molecule has 0 bridgehead atoms. The Morgan fingerprint density at radius 1 is 0.808 bits per heavy atom. The van der Waals surface area contributed by atoms with Gasteiger partial charge in [0.15, 0.2) is 5.78 Å². The second-order valence-electron chi connectivity index (χ2n) is 6.52. The van der Waals surface area contributed by atoms with Crippen LogP contribution < -0.4 is 0 Å². The molecule has 26 heavy (non-hydrogen) atoms. The molecule has 2 aromatic carbocycles. The Morgan fingerprint density at radius 3 is 1.92 bits per heavy atom. The molecule has 0 amide bonds. The predicted octanol–water partition coefficient (Wildman–Crippen LogP) is 3.15. The molecule has 1 aliphatic carbocycles. The number of carbonyl (C=O) groups excluding carboxylic acids is 1. The van der Waals surface area contributed by atoms with Crippen molar-refractivity contribution in [1.82, 2.24) is 0 Å². The molecular weight excluding hydrogens is 328 g/mol. The van der Waals surface area contributed by atoms with Gasteiger partial charge in [-0.05, 0) is 17.2 Å². The highest BCUT2D eigenvalue weighted by atomic mass is 16.5. The van der Waals surface area contributed by atoms with Crippen LogP contribution in [0.15, 0.2) is 72.8 Å². The third-order valence-corrected chi connectivity index (χ3v) is 4.61. The Balaban J connectivity index is 1.54. The molecule has 1 aliphatic rings. The van der Waals surface area contributed by atoms with E-state index >= 15 is 0 Å². The Bertz CT molecular complexity index is 711. The van der Waals surface area contributed by atoms with Crippen LogP contribution in [0.1, 0.15) is 11.1 Å².